The van der Waals surface area contributed by atoms with E-state index < -0.39 is 0 Å². The van der Waals surface area contributed by atoms with E-state index in [0.29, 0.717) is 11.8 Å². The van der Waals surface area contributed by atoms with E-state index in [4.69, 9.17) is 0 Å². The summed E-state index contributed by atoms with van der Waals surface area (Å²) in [6, 6.07) is 36.8. The number of carbonyl (C=O) groups excluding carboxylic acids is 2. The molecule has 4 aliphatic rings. The largest absolute Gasteiger partial charge is 0.332 e. The Kier molecular flexibility index (Phi) is 6.04. The predicted octanol–water partition coefficient (Wildman–Crippen LogP) is 9.33. The van der Waals surface area contributed by atoms with Crippen LogP contribution in [0.2, 0.25) is 0 Å². The molecule has 4 aliphatic carbocycles. The first-order chi connectivity index (χ1) is 22.4. The van der Waals surface area contributed by atoms with Gasteiger partial charge in [-0.15, -0.1) is 0 Å². The lowest BCUT2D eigenvalue weighted by atomic mass is 9.50. The zero-order chi connectivity index (χ0) is 30.9. The molecule has 0 aromatic heterocycles. The standard InChI is InChI=1S/C40H36N4O2/c45-37(41-35-31-13-5-1-9-27(31)18-28-10-2-6-14-32(28)35)43-39-20-25-17-26(21-39)23-40(22-25,24-39)44-38(46)42-36-33-15-7-3-11-29(33)19-30-12-4-8-16-34(30)36/h1-16,18-19,25-26H,17,20-24H2,(H2,41,43,45)(H2,42,44,46). The fourth-order valence-electron chi connectivity index (χ4n) is 9.62. The van der Waals surface area contributed by atoms with Crippen molar-refractivity contribution in [3.05, 3.63) is 109 Å². The summed E-state index contributed by atoms with van der Waals surface area (Å²) in [5, 5.41) is 22.0. The monoisotopic (exact) mass is 604 g/mol. The third-order valence-electron chi connectivity index (χ3n) is 10.8. The predicted molar refractivity (Wildman–Crippen MR) is 187 cm³/mol. The highest BCUT2D eigenvalue weighted by Crippen LogP contribution is 2.57. The molecule has 6 heteroatoms. The van der Waals surface area contributed by atoms with E-state index in [1.54, 1.807) is 0 Å². The highest BCUT2D eigenvalue weighted by atomic mass is 16.2. The minimum absolute atomic E-state index is 0.176. The van der Waals surface area contributed by atoms with E-state index in [1.165, 1.54) is 0 Å². The first-order valence-electron chi connectivity index (χ1n) is 16.4. The van der Waals surface area contributed by atoms with Gasteiger partial charge in [0.05, 0.1) is 11.4 Å². The van der Waals surface area contributed by atoms with Gasteiger partial charge >= 0.3 is 12.1 Å². The van der Waals surface area contributed by atoms with Gasteiger partial charge in [-0.3, -0.25) is 0 Å². The Morgan fingerprint density at radius 1 is 0.500 bits per heavy atom. The third-order valence-corrected chi connectivity index (χ3v) is 10.8. The molecule has 6 nitrogen and oxygen atoms in total. The SMILES string of the molecule is O=C(Nc1c2ccccc2cc2ccccc12)NC12CC3CC(C1)CC(NC(=O)Nc1c4ccccc4cc4ccccc14)(C3)C2. The Balaban J connectivity index is 0.989. The summed E-state index contributed by atoms with van der Waals surface area (Å²) in [7, 11) is 0. The van der Waals surface area contributed by atoms with Crippen LogP contribution in [0.25, 0.3) is 43.1 Å². The molecule has 0 unspecified atom stereocenters. The van der Waals surface area contributed by atoms with Crippen LogP contribution < -0.4 is 21.3 Å². The molecule has 0 saturated heterocycles. The summed E-state index contributed by atoms with van der Waals surface area (Å²) in [5.74, 6) is 0.942. The van der Waals surface area contributed by atoms with Crippen LogP contribution >= 0.6 is 0 Å². The number of amides is 4. The van der Waals surface area contributed by atoms with Crippen LogP contribution in [0, 0.1) is 11.8 Å². The molecule has 0 heterocycles. The van der Waals surface area contributed by atoms with Crippen molar-refractivity contribution in [1.82, 2.24) is 10.6 Å². The number of benzene rings is 6. The van der Waals surface area contributed by atoms with Crippen molar-refractivity contribution in [3.63, 3.8) is 0 Å². The van der Waals surface area contributed by atoms with Crippen molar-refractivity contribution >= 4 is 66.5 Å². The van der Waals surface area contributed by atoms with Crippen LogP contribution in [0.4, 0.5) is 21.0 Å². The molecule has 10 rings (SSSR count). The fourth-order valence-corrected chi connectivity index (χ4v) is 9.62. The second-order valence-electron chi connectivity index (χ2n) is 14.1. The number of rotatable bonds is 4. The summed E-state index contributed by atoms with van der Waals surface area (Å²) >= 11 is 0. The molecule has 4 amide bonds. The zero-order valence-corrected chi connectivity index (χ0v) is 25.6. The maximum atomic E-state index is 13.9. The zero-order valence-electron chi connectivity index (χ0n) is 25.6. The van der Waals surface area contributed by atoms with E-state index in [2.05, 4.69) is 81.9 Å². The summed E-state index contributed by atoms with van der Waals surface area (Å²) < 4.78 is 0. The van der Waals surface area contributed by atoms with Crippen LogP contribution in [0.1, 0.15) is 38.5 Å². The first kappa shape index (κ1) is 27.2. The van der Waals surface area contributed by atoms with Crippen molar-refractivity contribution < 1.29 is 9.59 Å². The molecule has 228 valence electrons. The average Bonchev–Trinajstić information content (AvgIpc) is 3.03. The topological polar surface area (TPSA) is 82.3 Å². The highest BCUT2D eigenvalue weighted by molar-refractivity contribution is 6.16. The summed E-state index contributed by atoms with van der Waals surface area (Å²) in [6.07, 6.45) is 5.70. The number of hydrogen-bond donors (Lipinski definition) is 4. The van der Waals surface area contributed by atoms with Crippen LogP contribution in [0.3, 0.4) is 0 Å². The molecule has 0 aliphatic heterocycles. The Morgan fingerprint density at radius 2 is 0.826 bits per heavy atom. The maximum absolute atomic E-state index is 13.9. The second-order valence-corrected chi connectivity index (χ2v) is 14.1. The second kappa shape index (κ2) is 10.2. The average molecular weight is 605 g/mol. The number of anilines is 2. The van der Waals surface area contributed by atoms with Crippen molar-refractivity contribution in [2.75, 3.05) is 10.6 Å². The van der Waals surface area contributed by atoms with Gasteiger partial charge < -0.3 is 21.3 Å². The van der Waals surface area contributed by atoms with Crippen molar-refractivity contribution in [2.45, 2.75) is 49.6 Å². The van der Waals surface area contributed by atoms with Crippen LogP contribution in [0.15, 0.2) is 109 Å². The quantitative estimate of drug-likeness (QED) is 0.151. The minimum atomic E-state index is -0.353. The van der Waals surface area contributed by atoms with Gasteiger partial charge in [0.25, 0.3) is 0 Å². The maximum Gasteiger partial charge on any atom is 0.319 e. The lowest BCUT2D eigenvalue weighted by Gasteiger charge is -2.62. The van der Waals surface area contributed by atoms with Gasteiger partial charge in [0, 0.05) is 32.6 Å². The molecule has 0 atom stereocenters. The Labute approximate surface area is 267 Å². The molecule has 6 aromatic rings. The molecule has 4 N–H and O–H groups in total. The molecule has 4 bridgehead atoms. The number of hydrogen-bond acceptors (Lipinski definition) is 2. The van der Waals surface area contributed by atoms with Gasteiger partial charge in [-0.2, -0.15) is 0 Å². The summed E-state index contributed by atoms with van der Waals surface area (Å²) in [4.78, 5) is 27.8. The number of fused-ring (bicyclic) bond motifs is 4. The lowest BCUT2D eigenvalue weighted by molar-refractivity contribution is -0.0400. The molecule has 0 spiro atoms. The molecule has 46 heavy (non-hydrogen) atoms. The number of nitrogens with one attached hydrogen (secondary N) is 4. The summed E-state index contributed by atoms with van der Waals surface area (Å²) in [6.45, 7) is 0. The van der Waals surface area contributed by atoms with E-state index in [-0.39, 0.29) is 23.1 Å². The van der Waals surface area contributed by atoms with Gasteiger partial charge in [0.2, 0.25) is 0 Å². The third kappa shape index (κ3) is 4.54. The van der Waals surface area contributed by atoms with E-state index in [9.17, 15) is 9.59 Å². The van der Waals surface area contributed by atoms with Crippen molar-refractivity contribution in [2.24, 2.45) is 11.8 Å². The molecular weight excluding hydrogens is 568 g/mol. The Bertz CT molecular complexity index is 1930. The van der Waals surface area contributed by atoms with Gasteiger partial charge in [0.1, 0.15) is 0 Å². The molecular formula is C40H36N4O2. The lowest BCUT2D eigenvalue weighted by Crippen LogP contribution is -2.70. The van der Waals surface area contributed by atoms with Gasteiger partial charge in [-0.05, 0) is 84.0 Å². The van der Waals surface area contributed by atoms with E-state index >= 15 is 0 Å². The smallest absolute Gasteiger partial charge is 0.319 e. The first-order valence-corrected chi connectivity index (χ1v) is 16.4. The summed E-state index contributed by atoms with van der Waals surface area (Å²) in [5.41, 5.74) is 0.970. The van der Waals surface area contributed by atoms with Crippen LogP contribution in [-0.2, 0) is 0 Å². The van der Waals surface area contributed by atoms with E-state index in [0.717, 1.165) is 93.0 Å². The molecule has 4 fully saturated rings. The molecule has 0 radical (unpaired) electrons. The normalized spacial score (nSPS) is 24.8. The molecule has 6 aromatic carbocycles. The van der Waals surface area contributed by atoms with Crippen LogP contribution in [0.5, 0.6) is 0 Å². The minimum Gasteiger partial charge on any atom is -0.332 e. The van der Waals surface area contributed by atoms with Gasteiger partial charge in [0.15, 0.2) is 0 Å². The highest BCUT2D eigenvalue weighted by Gasteiger charge is 2.59. The van der Waals surface area contributed by atoms with Crippen LogP contribution in [-0.4, -0.2) is 23.1 Å². The van der Waals surface area contributed by atoms with Crippen molar-refractivity contribution in [1.29, 1.82) is 0 Å². The van der Waals surface area contributed by atoms with E-state index in [1.807, 2.05) is 48.5 Å². The van der Waals surface area contributed by atoms with Gasteiger partial charge in [-0.25, -0.2) is 9.59 Å². The van der Waals surface area contributed by atoms with Gasteiger partial charge in [-0.1, -0.05) is 97.1 Å². The Morgan fingerprint density at radius 3 is 1.17 bits per heavy atom. The fraction of sp³-hybridized carbons (Fsp3) is 0.250. The number of urea groups is 2. The van der Waals surface area contributed by atoms with Crippen molar-refractivity contribution in [3.8, 4) is 0 Å². The Hall–Kier alpha value is -5.10. The number of carbonyl (C=O) groups is 2. The molecule has 4 saturated carbocycles.